The van der Waals surface area contributed by atoms with Crippen molar-refractivity contribution in [1.29, 1.82) is 0 Å². The molecule has 8 heteroatoms. The second-order valence-electron chi connectivity index (χ2n) is 4.76. The van der Waals surface area contributed by atoms with E-state index in [0.717, 1.165) is 0 Å². The number of halogens is 4. The van der Waals surface area contributed by atoms with Crippen LogP contribution in [0.1, 0.15) is 17.3 Å². The van der Waals surface area contributed by atoms with Crippen molar-refractivity contribution in [1.82, 2.24) is 0 Å². The number of anilines is 1. The number of nitrogens with one attached hydrogen (secondary N) is 1. The number of carbonyl (C=O) groups excluding carboxylic acids is 2. The number of ether oxygens (including phenoxy) is 1. The normalized spacial score (nSPS) is 11.7. The molecule has 0 aromatic heterocycles. The van der Waals surface area contributed by atoms with Crippen molar-refractivity contribution in [2.24, 2.45) is 0 Å². The number of esters is 1. The molecule has 1 N–H and O–H groups in total. The molecule has 1 amide bonds. The molecule has 0 aliphatic carbocycles. The highest BCUT2D eigenvalue weighted by molar-refractivity contribution is 6.46. The zero-order valence-corrected chi connectivity index (χ0v) is 14.5. The van der Waals surface area contributed by atoms with Gasteiger partial charge in [-0.25, -0.2) is 9.18 Å². The summed E-state index contributed by atoms with van der Waals surface area (Å²) in [5, 5.41) is 2.63. The molecule has 0 aliphatic heterocycles. The Bertz CT molecular complexity index is 781. The van der Waals surface area contributed by atoms with Gasteiger partial charge in [-0.15, -0.1) is 0 Å². The third-order valence-corrected chi connectivity index (χ3v) is 4.13. The molecule has 126 valence electrons. The summed E-state index contributed by atoms with van der Waals surface area (Å²) in [6.45, 7) is 1.38. The van der Waals surface area contributed by atoms with Crippen LogP contribution < -0.4 is 5.32 Å². The number of amides is 1. The van der Waals surface area contributed by atoms with Crippen LogP contribution in [0.5, 0.6) is 0 Å². The van der Waals surface area contributed by atoms with E-state index >= 15 is 0 Å². The molecule has 0 aliphatic rings. The molecule has 0 unspecified atom stereocenters. The summed E-state index contributed by atoms with van der Waals surface area (Å²) in [4.78, 5) is 24.2. The molecule has 0 saturated carbocycles. The Hall–Kier alpha value is -1.82. The second kappa shape index (κ2) is 7.83. The smallest absolute Gasteiger partial charge is 0.342 e. The van der Waals surface area contributed by atoms with Crippen LogP contribution >= 0.6 is 34.8 Å². The van der Waals surface area contributed by atoms with E-state index in [9.17, 15) is 14.0 Å². The van der Waals surface area contributed by atoms with Crippen molar-refractivity contribution in [3.8, 4) is 0 Å². The topological polar surface area (TPSA) is 55.4 Å². The predicted octanol–water partition coefficient (Wildman–Crippen LogP) is 4.97. The van der Waals surface area contributed by atoms with Crippen LogP contribution in [0.4, 0.5) is 10.1 Å². The SMILES string of the molecule is C[C@H](OC(=O)c1c(Cl)ccc(Cl)c1Cl)C(=O)Nc1ccc(F)cc1. The molecule has 0 fully saturated rings. The van der Waals surface area contributed by atoms with Crippen LogP contribution in [0.2, 0.25) is 15.1 Å². The van der Waals surface area contributed by atoms with E-state index in [4.69, 9.17) is 39.5 Å². The average molecular weight is 391 g/mol. The molecule has 24 heavy (non-hydrogen) atoms. The lowest BCUT2D eigenvalue weighted by molar-refractivity contribution is -0.123. The first kappa shape index (κ1) is 18.5. The van der Waals surface area contributed by atoms with Crippen molar-refractivity contribution in [2.45, 2.75) is 13.0 Å². The molecule has 0 radical (unpaired) electrons. The van der Waals surface area contributed by atoms with Crippen LogP contribution in [-0.2, 0) is 9.53 Å². The molecule has 2 rings (SSSR count). The van der Waals surface area contributed by atoms with Crippen molar-refractivity contribution < 1.29 is 18.7 Å². The van der Waals surface area contributed by atoms with E-state index in [-0.39, 0.29) is 20.6 Å². The fraction of sp³-hybridized carbons (Fsp3) is 0.125. The average Bonchev–Trinajstić information content (AvgIpc) is 2.53. The Labute approximate surface area is 152 Å². The Balaban J connectivity index is 2.07. The van der Waals surface area contributed by atoms with Gasteiger partial charge in [0.2, 0.25) is 0 Å². The molecule has 4 nitrogen and oxygen atoms in total. The monoisotopic (exact) mass is 389 g/mol. The Morgan fingerprint density at radius 1 is 1.04 bits per heavy atom. The van der Waals surface area contributed by atoms with E-state index in [2.05, 4.69) is 5.32 Å². The van der Waals surface area contributed by atoms with Gasteiger partial charge in [0, 0.05) is 5.69 Å². The maximum atomic E-state index is 12.8. The molecule has 2 aromatic rings. The minimum atomic E-state index is -1.13. The van der Waals surface area contributed by atoms with Gasteiger partial charge >= 0.3 is 5.97 Å². The van der Waals surface area contributed by atoms with Crippen molar-refractivity contribution in [3.63, 3.8) is 0 Å². The minimum absolute atomic E-state index is 0.0553. The van der Waals surface area contributed by atoms with Crippen LogP contribution in [0, 0.1) is 5.82 Å². The molecular weight excluding hydrogens is 380 g/mol. The highest BCUT2D eigenvalue weighted by Gasteiger charge is 2.24. The third kappa shape index (κ3) is 4.38. The highest BCUT2D eigenvalue weighted by Crippen LogP contribution is 2.32. The van der Waals surface area contributed by atoms with E-state index in [0.29, 0.717) is 5.69 Å². The van der Waals surface area contributed by atoms with Crippen molar-refractivity contribution in [3.05, 3.63) is 62.8 Å². The third-order valence-electron chi connectivity index (χ3n) is 3.01. The second-order valence-corrected chi connectivity index (χ2v) is 5.95. The number of benzene rings is 2. The van der Waals surface area contributed by atoms with Gasteiger partial charge in [-0.3, -0.25) is 4.79 Å². The van der Waals surface area contributed by atoms with Crippen molar-refractivity contribution >= 4 is 52.4 Å². The first-order valence-corrected chi connectivity index (χ1v) is 7.84. The summed E-state index contributed by atoms with van der Waals surface area (Å²) in [7, 11) is 0. The largest absolute Gasteiger partial charge is 0.449 e. The van der Waals surface area contributed by atoms with Gasteiger partial charge < -0.3 is 10.1 Å². The lowest BCUT2D eigenvalue weighted by Crippen LogP contribution is -2.30. The molecular formula is C16H11Cl3FNO3. The van der Waals surface area contributed by atoms with Gasteiger partial charge in [0.25, 0.3) is 5.91 Å². The van der Waals surface area contributed by atoms with E-state index in [1.165, 1.54) is 43.3 Å². The summed E-state index contributed by atoms with van der Waals surface area (Å²) in [5.41, 5.74) is 0.246. The van der Waals surface area contributed by atoms with Crippen LogP contribution in [0.3, 0.4) is 0 Å². The van der Waals surface area contributed by atoms with Gasteiger partial charge in [0.05, 0.1) is 20.6 Å². The highest BCUT2D eigenvalue weighted by atomic mass is 35.5. The van der Waals surface area contributed by atoms with Gasteiger partial charge in [-0.05, 0) is 43.3 Å². The maximum Gasteiger partial charge on any atom is 0.342 e. The van der Waals surface area contributed by atoms with Gasteiger partial charge in [0.1, 0.15) is 5.82 Å². The zero-order chi connectivity index (χ0) is 17.9. The minimum Gasteiger partial charge on any atom is -0.449 e. The van der Waals surface area contributed by atoms with Gasteiger partial charge in [0.15, 0.2) is 6.10 Å². The Morgan fingerprint density at radius 2 is 1.62 bits per heavy atom. The summed E-state index contributed by atoms with van der Waals surface area (Å²) in [6, 6.07) is 7.98. The first-order chi connectivity index (χ1) is 11.3. The molecule has 0 bridgehead atoms. The van der Waals surface area contributed by atoms with E-state index < -0.39 is 23.8 Å². The number of hydrogen-bond donors (Lipinski definition) is 1. The summed E-state index contributed by atoms with van der Waals surface area (Å²) in [6.07, 6.45) is -1.13. The summed E-state index contributed by atoms with van der Waals surface area (Å²) < 4.78 is 17.9. The Morgan fingerprint density at radius 3 is 2.25 bits per heavy atom. The lowest BCUT2D eigenvalue weighted by Gasteiger charge is -2.15. The quantitative estimate of drug-likeness (QED) is 0.592. The lowest BCUT2D eigenvalue weighted by atomic mass is 10.2. The van der Waals surface area contributed by atoms with Crippen molar-refractivity contribution in [2.75, 3.05) is 5.32 Å². The number of carbonyl (C=O) groups is 2. The van der Waals surface area contributed by atoms with Crippen LogP contribution in [0.15, 0.2) is 36.4 Å². The molecule has 1 atom stereocenters. The van der Waals surface area contributed by atoms with E-state index in [1.54, 1.807) is 0 Å². The first-order valence-electron chi connectivity index (χ1n) is 6.70. The van der Waals surface area contributed by atoms with Gasteiger partial charge in [-0.2, -0.15) is 0 Å². The number of hydrogen-bond acceptors (Lipinski definition) is 3. The standard InChI is InChI=1S/C16H11Cl3FNO3/c1-8(15(22)21-10-4-2-9(20)3-5-10)24-16(23)13-11(17)6-7-12(18)14(13)19/h2-8H,1H3,(H,21,22)/t8-/m0/s1. The molecule has 0 saturated heterocycles. The molecule has 0 heterocycles. The summed E-state index contributed by atoms with van der Waals surface area (Å²) >= 11 is 17.7. The predicted molar refractivity (Wildman–Crippen MR) is 91.4 cm³/mol. The maximum absolute atomic E-state index is 12.8. The Kier molecular flexibility index (Phi) is 6.04. The summed E-state index contributed by atoms with van der Waals surface area (Å²) in [5.74, 6) is -1.91. The van der Waals surface area contributed by atoms with Crippen LogP contribution in [-0.4, -0.2) is 18.0 Å². The van der Waals surface area contributed by atoms with Crippen LogP contribution in [0.25, 0.3) is 0 Å². The van der Waals surface area contributed by atoms with E-state index in [1.807, 2.05) is 0 Å². The molecule has 2 aromatic carbocycles. The molecule has 0 spiro atoms. The number of rotatable bonds is 4. The fourth-order valence-corrected chi connectivity index (χ4v) is 2.45. The fourth-order valence-electron chi connectivity index (χ4n) is 1.76. The van der Waals surface area contributed by atoms with Gasteiger partial charge in [-0.1, -0.05) is 34.8 Å². The zero-order valence-electron chi connectivity index (χ0n) is 12.3.